The fourth-order valence-corrected chi connectivity index (χ4v) is 1.91. The highest BCUT2D eigenvalue weighted by atomic mass is 32.2. The Balaban J connectivity index is 2.39. The maximum atomic E-state index is 10.2. The minimum absolute atomic E-state index is 0.00824. The van der Waals surface area contributed by atoms with Crippen LogP contribution in [-0.2, 0) is 4.79 Å². The molecular weight excluding hydrogens is 158 g/mol. The van der Waals surface area contributed by atoms with E-state index in [1.54, 1.807) is 0 Å². The van der Waals surface area contributed by atoms with Gasteiger partial charge >= 0.3 is 5.97 Å². The van der Waals surface area contributed by atoms with Crippen LogP contribution in [0.4, 0.5) is 0 Å². The van der Waals surface area contributed by atoms with E-state index < -0.39 is 12.0 Å². The fraction of sp³-hybridized carbons (Fsp3) is 0.750. The molecule has 1 aliphatic rings. The van der Waals surface area contributed by atoms with Crippen molar-refractivity contribution >= 4 is 30.4 Å². The van der Waals surface area contributed by atoms with E-state index in [4.69, 9.17) is 5.11 Å². The predicted molar refractivity (Wildman–Crippen MR) is 39.8 cm³/mol. The molecule has 1 heterocycles. The Morgan fingerprint density at radius 2 is 2.56 bits per heavy atom. The van der Waals surface area contributed by atoms with E-state index in [-0.39, 0.29) is 4.71 Å². The molecule has 3 nitrogen and oxygen atoms in total. The monoisotopic (exact) mass is 165 g/mol. The van der Waals surface area contributed by atoms with Crippen molar-refractivity contribution in [2.75, 3.05) is 5.75 Å². The van der Waals surface area contributed by atoms with Crippen molar-refractivity contribution in [1.82, 2.24) is 5.32 Å². The lowest BCUT2D eigenvalue weighted by Crippen LogP contribution is -2.34. The van der Waals surface area contributed by atoms with Crippen molar-refractivity contribution in [3.8, 4) is 0 Å². The van der Waals surface area contributed by atoms with Gasteiger partial charge < -0.3 is 5.11 Å². The maximum absolute atomic E-state index is 10.2. The average molecular weight is 165 g/mol. The molecule has 1 rings (SSSR count). The van der Waals surface area contributed by atoms with E-state index >= 15 is 0 Å². The third-order valence-corrected chi connectivity index (χ3v) is 2.64. The first-order valence-corrected chi connectivity index (χ1v) is 4.05. The Bertz CT molecular complexity index is 130. The molecule has 0 spiro atoms. The average Bonchev–Trinajstić information content (AvgIpc) is 2.14. The lowest BCUT2D eigenvalue weighted by atomic mass is 10.4. The zero-order valence-electron chi connectivity index (χ0n) is 4.57. The summed E-state index contributed by atoms with van der Waals surface area (Å²) in [5.41, 5.74) is 0. The van der Waals surface area contributed by atoms with Gasteiger partial charge in [-0.25, -0.2) is 0 Å². The molecule has 0 amide bonds. The van der Waals surface area contributed by atoms with Gasteiger partial charge in [-0.2, -0.15) is 0 Å². The van der Waals surface area contributed by atoms with Crippen LogP contribution in [0.5, 0.6) is 0 Å². The number of thiol groups is 1. The van der Waals surface area contributed by atoms with Gasteiger partial charge in [0.1, 0.15) is 6.04 Å². The zero-order valence-corrected chi connectivity index (χ0v) is 6.28. The van der Waals surface area contributed by atoms with E-state index in [2.05, 4.69) is 17.9 Å². The number of carboxylic acid groups (broad SMARTS) is 1. The molecule has 1 unspecified atom stereocenters. The first kappa shape index (κ1) is 7.24. The van der Waals surface area contributed by atoms with E-state index in [9.17, 15) is 4.79 Å². The third kappa shape index (κ3) is 1.77. The molecule has 0 aromatic carbocycles. The first-order valence-electron chi connectivity index (χ1n) is 2.48. The molecule has 0 saturated carbocycles. The summed E-state index contributed by atoms with van der Waals surface area (Å²) < 4.78 is -0.00824. The third-order valence-electron chi connectivity index (χ3n) is 1.06. The van der Waals surface area contributed by atoms with E-state index in [0.29, 0.717) is 5.75 Å². The Kier molecular flexibility index (Phi) is 2.26. The fourth-order valence-electron chi connectivity index (χ4n) is 0.598. The van der Waals surface area contributed by atoms with Crippen molar-refractivity contribution in [3.05, 3.63) is 0 Å². The number of rotatable bonds is 1. The molecule has 2 atom stereocenters. The van der Waals surface area contributed by atoms with E-state index in [1.807, 2.05) is 0 Å². The normalized spacial score (nSPS) is 34.8. The second kappa shape index (κ2) is 2.81. The number of thioether (sulfide) groups is 1. The van der Waals surface area contributed by atoms with Crippen LogP contribution in [0.25, 0.3) is 0 Å². The van der Waals surface area contributed by atoms with Crippen LogP contribution >= 0.6 is 24.4 Å². The topological polar surface area (TPSA) is 49.3 Å². The van der Waals surface area contributed by atoms with Gasteiger partial charge in [0.2, 0.25) is 0 Å². The van der Waals surface area contributed by atoms with E-state index in [1.165, 1.54) is 11.8 Å². The molecule has 0 bridgehead atoms. The summed E-state index contributed by atoms with van der Waals surface area (Å²) in [4.78, 5) is 10.2. The summed E-state index contributed by atoms with van der Waals surface area (Å²) >= 11 is 5.54. The second-order valence-corrected chi connectivity index (χ2v) is 3.75. The number of hydrogen-bond acceptors (Lipinski definition) is 4. The van der Waals surface area contributed by atoms with Gasteiger partial charge in [-0.15, -0.1) is 24.4 Å². The Hall–Kier alpha value is 0.130. The molecule has 1 aliphatic heterocycles. The van der Waals surface area contributed by atoms with Crippen molar-refractivity contribution in [3.63, 3.8) is 0 Å². The summed E-state index contributed by atoms with van der Waals surface area (Å²) in [5.74, 6) is -0.178. The highest BCUT2D eigenvalue weighted by Gasteiger charge is 2.26. The van der Waals surface area contributed by atoms with Crippen molar-refractivity contribution in [2.24, 2.45) is 0 Å². The summed E-state index contributed by atoms with van der Waals surface area (Å²) in [6.07, 6.45) is 0. The van der Waals surface area contributed by atoms with Crippen molar-refractivity contribution < 1.29 is 9.90 Å². The standard InChI is InChI=1S/C4H7NO2S2/c6-3(7)2-1-9-4(8)5-2/h2,4-5,8H,1H2,(H,6,7)/t2-,4?/m0/s1. The maximum Gasteiger partial charge on any atom is 0.321 e. The van der Waals surface area contributed by atoms with E-state index in [0.717, 1.165) is 0 Å². The molecule has 9 heavy (non-hydrogen) atoms. The van der Waals surface area contributed by atoms with Gasteiger partial charge in [0.15, 0.2) is 0 Å². The van der Waals surface area contributed by atoms with Crippen LogP contribution in [0.2, 0.25) is 0 Å². The van der Waals surface area contributed by atoms with Gasteiger partial charge in [0.05, 0.1) is 4.71 Å². The number of carbonyl (C=O) groups is 1. The number of carboxylic acids is 1. The van der Waals surface area contributed by atoms with Crippen LogP contribution < -0.4 is 5.32 Å². The van der Waals surface area contributed by atoms with Crippen molar-refractivity contribution in [1.29, 1.82) is 0 Å². The second-order valence-electron chi connectivity index (χ2n) is 1.74. The molecule has 0 radical (unpaired) electrons. The number of aliphatic carboxylic acids is 1. The minimum Gasteiger partial charge on any atom is -0.480 e. The number of nitrogens with one attached hydrogen (secondary N) is 1. The van der Waals surface area contributed by atoms with Crippen LogP contribution in [0, 0.1) is 0 Å². The highest BCUT2D eigenvalue weighted by Crippen LogP contribution is 2.20. The molecular formula is C4H7NO2S2. The molecule has 0 aliphatic carbocycles. The Labute approximate surface area is 62.6 Å². The van der Waals surface area contributed by atoms with Crippen LogP contribution in [0.3, 0.4) is 0 Å². The Morgan fingerprint density at radius 1 is 1.89 bits per heavy atom. The number of hydrogen-bond donors (Lipinski definition) is 3. The predicted octanol–water partition coefficient (Wildman–Crippen LogP) is -0.0106. The molecule has 2 N–H and O–H groups in total. The molecule has 1 saturated heterocycles. The SMILES string of the molecule is O=C(O)[C@@H]1CSC(S)N1. The summed E-state index contributed by atoms with van der Waals surface area (Å²) in [6, 6.07) is -0.405. The molecule has 5 heteroatoms. The molecule has 0 aromatic rings. The van der Waals surface area contributed by atoms with Crippen LogP contribution in [0.1, 0.15) is 0 Å². The van der Waals surface area contributed by atoms with Gasteiger partial charge in [-0.05, 0) is 0 Å². The summed E-state index contributed by atoms with van der Waals surface area (Å²) in [5, 5.41) is 11.2. The smallest absolute Gasteiger partial charge is 0.321 e. The largest absolute Gasteiger partial charge is 0.480 e. The van der Waals surface area contributed by atoms with Gasteiger partial charge in [-0.1, -0.05) is 0 Å². The van der Waals surface area contributed by atoms with Crippen LogP contribution in [-0.4, -0.2) is 27.6 Å². The lowest BCUT2D eigenvalue weighted by Gasteiger charge is -2.01. The lowest BCUT2D eigenvalue weighted by molar-refractivity contribution is -0.138. The van der Waals surface area contributed by atoms with Crippen molar-refractivity contribution in [2.45, 2.75) is 10.7 Å². The van der Waals surface area contributed by atoms with Gasteiger partial charge in [0.25, 0.3) is 0 Å². The summed E-state index contributed by atoms with van der Waals surface area (Å²) in [6.45, 7) is 0. The van der Waals surface area contributed by atoms with Crippen LogP contribution in [0.15, 0.2) is 0 Å². The zero-order chi connectivity index (χ0) is 6.85. The van der Waals surface area contributed by atoms with Gasteiger partial charge in [0, 0.05) is 5.75 Å². The molecule has 0 aromatic heterocycles. The van der Waals surface area contributed by atoms with Gasteiger partial charge in [-0.3, -0.25) is 10.1 Å². The highest BCUT2D eigenvalue weighted by molar-refractivity contribution is 8.10. The summed E-state index contributed by atoms with van der Waals surface area (Å²) in [7, 11) is 0. The molecule has 1 fully saturated rings. The Morgan fingerprint density at radius 3 is 2.78 bits per heavy atom. The first-order chi connectivity index (χ1) is 4.20. The quantitative estimate of drug-likeness (QED) is 0.478. The molecule has 52 valence electrons. The minimum atomic E-state index is -0.793.